The predicted octanol–water partition coefficient (Wildman–Crippen LogP) is 4.21. The molecule has 0 aliphatic carbocycles. The number of H-pyrrole nitrogens is 1. The average Bonchev–Trinajstić information content (AvgIpc) is 3.34. The van der Waals surface area contributed by atoms with Gasteiger partial charge in [0.1, 0.15) is 5.69 Å². The number of carbonyl (C=O) groups excluding carboxylic acids is 1. The molecule has 1 aliphatic rings. The van der Waals surface area contributed by atoms with Gasteiger partial charge < -0.3 is 10.2 Å². The first-order valence-electron chi connectivity index (χ1n) is 8.77. The highest BCUT2D eigenvalue weighted by molar-refractivity contribution is 6.08. The van der Waals surface area contributed by atoms with Crippen molar-refractivity contribution in [1.29, 1.82) is 0 Å². The van der Waals surface area contributed by atoms with Crippen LogP contribution in [0.5, 0.6) is 0 Å². The molecular formula is C20H18F2N4O. The number of rotatable bonds is 4. The lowest BCUT2D eigenvalue weighted by Crippen LogP contribution is -2.21. The summed E-state index contributed by atoms with van der Waals surface area (Å²) >= 11 is 0. The van der Waals surface area contributed by atoms with E-state index in [0.29, 0.717) is 24.3 Å². The maximum Gasteiger partial charge on any atom is 0.259 e. The summed E-state index contributed by atoms with van der Waals surface area (Å²) in [5.74, 6) is -1.85. The lowest BCUT2D eigenvalue weighted by molar-refractivity contribution is 0.102. The summed E-state index contributed by atoms with van der Waals surface area (Å²) in [6, 6.07) is 11.5. The minimum absolute atomic E-state index is 0.0289. The van der Waals surface area contributed by atoms with Crippen molar-refractivity contribution in [3.8, 4) is 11.3 Å². The Bertz CT molecular complexity index is 942. The minimum atomic E-state index is -0.678. The van der Waals surface area contributed by atoms with Crippen LogP contribution in [0.1, 0.15) is 23.2 Å². The Morgan fingerprint density at radius 2 is 1.74 bits per heavy atom. The number of anilines is 2. The molecule has 5 nitrogen and oxygen atoms in total. The molecule has 2 heterocycles. The molecule has 0 unspecified atom stereocenters. The Morgan fingerprint density at radius 3 is 2.41 bits per heavy atom. The molecule has 2 N–H and O–H groups in total. The molecule has 0 atom stereocenters. The van der Waals surface area contributed by atoms with E-state index >= 15 is 0 Å². The van der Waals surface area contributed by atoms with Crippen molar-refractivity contribution in [2.24, 2.45) is 0 Å². The zero-order valence-electron chi connectivity index (χ0n) is 14.5. The van der Waals surface area contributed by atoms with Gasteiger partial charge in [0, 0.05) is 24.3 Å². The zero-order chi connectivity index (χ0) is 18.8. The summed E-state index contributed by atoms with van der Waals surface area (Å²) in [5.41, 5.74) is 1.67. The number of aromatic amines is 1. The topological polar surface area (TPSA) is 61.0 Å². The molecular weight excluding hydrogens is 350 g/mol. The van der Waals surface area contributed by atoms with Gasteiger partial charge in [-0.1, -0.05) is 30.3 Å². The second kappa shape index (κ2) is 7.19. The lowest BCUT2D eigenvalue weighted by Gasteiger charge is -2.19. The summed E-state index contributed by atoms with van der Waals surface area (Å²) in [6.07, 6.45) is 3.23. The van der Waals surface area contributed by atoms with E-state index in [4.69, 9.17) is 0 Å². The van der Waals surface area contributed by atoms with Crippen molar-refractivity contribution in [2.45, 2.75) is 12.8 Å². The Labute approximate surface area is 155 Å². The molecule has 138 valence electrons. The van der Waals surface area contributed by atoms with Gasteiger partial charge in [-0.25, -0.2) is 8.78 Å². The predicted molar refractivity (Wildman–Crippen MR) is 99.8 cm³/mol. The molecule has 4 rings (SSSR count). The summed E-state index contributed by atoms with van der Waals surface area (Å²) in [5, 5.41) is 9.27. The van der Waals surface area contributed by atoms with Gasteiger partial charge in [0.05, 0.1) is 17.5 Å². The van der Waals surface area contributed by atoms with Gasteiger partial charge in [-0.2, -0.15) is 5.10 Å². The lowest BCUT2D eigenvalue weighted by atomic mass is 10.1. The van der Waals surface area contributed by atoms with Crippen LogP contribution in [0.4, 0.5) is 20.2 Å². The standard InChI is InChI=1S/C20H18F2N4O/c21-16-10-14(11-17(22)19(16)26-8-4-5-9-26)24-20(27)15-12-23-25-18(15)13-6-2-1-3-7-13/h1-3,6-7,10-12H,4-5,8-9H2,(H,23,25)(H,24,27). The largest absolute Gasteiger partial charge is 0.367 e. The van der Waals surface area contributed by atoms with E-state index in [-0.39, 0.29) is 11.4 Å². The van der Waals surface area contributed by atoms with Crippen LogP contribution in [0.15, 0.2) is 48.7 Å². The fourth-order valence-corrected chi connectivity index (χ4v) is 3.36. The van der Waals surface area contributed by atoms with E-state index in [2.05, 4.69) is 15.5 Å². The van der Waals surface area contributed by atoms with Crippen molar-refractivity contribution in [3.05, 3.63) is 65.9 Å². The van der Waals surface area contributed by atoms with Gasteiger partial charge in [-0.15, -0.1) is 0 Å². The number of halogens is 2. The minimum Gasteiger partial charge on any atom is -0.367 e. The molecule has 2 aromatic carbocycles. The van der Waals surface area contributed by atoms with Crippen molar-refractivity contribution < 1.29 is 13.6 Å². The summed E-state index contributed by atoms with van der Waals surface area (Å²) in [7, 11) is 0. The molecule has 0 saturated carbocycles. The Balaban J connectivity index is 1.58. The van der Waals surface area contributed by atoms with Crippen LogP contribution in [0, 0.1) is 11.6 Å². The monoisotopic (exact) mass is 368 g/mol. The highest BCUT2D eigenvalue weighted by Crippen LogP contribution is 2.30. The highest BCUT2D eigenvalue weighted by Gasteiger charge is 2.22. The first kappa shape index (κ1) is 17.2. The summed E-state index contributed by atoms with van der Waals surface area (Å²) in [4.78, 5) is 14.3. The first-order valence-corrected chi connectivity index (χ1v) is 8.77. The molecule has 1 saturated heterocycles. The molecule has 1 fully saturated rings. The quantitative estimate of drug-likeness (QED) is 0.725. The molecule has 1 aromatic heterocycles. The summed E-state index contributed by atoms with van der Waals surface area (Å²) in [6.45, 7) is 1.27. The highest BCUT2D eigenvalue weighted by atomic mass is 19.1. The van der Waals surface area contributed by atoms with Crippen molar-refractivity contribution in [3.63, 3.8) is 0 Å². The molecule has 0 bridgehead atoms. The average molecular weight is 368 g/mol. The fraction of sp³-hybridized carbons (Fsp3) is 0.200. The van der Waals surface area contributed by atoms with E-state index in [1.54, 1.807) is 4.90 Å². The molecule has 3 aromatic rings. The van der Waals surface area contributed by atoms with E-state index in [0.717, 1.165) is 30.5 Å². The number of hydrogen-bond donors (Lipinski definition) is 2. The van der Waals surface area contributed by atoms with Crippen LogP contribution < -0.4 is 10.2 Å². The van der Waals surface area contributed by atoms with E-state index in [1.165, 1.54) is 6.20 Å². The van der Waals surface area contributed by atoms with Crippen LogP contribution in [0.25, 0.3) is 11.3 Å². The third kappa shape index (κ3) is 3.40. The zero-order valence-corrected chi connectivity index (χ0v) is 14.5. The van der Waals surface area contributed by atoms with E-state index < -0.39 is 17.5 Å². The number of aromatic nitrogens is 2. The molecule has 7 heteroatoms. The third-order valence-corrected chi connectivity index (χ3v) is 4.64. The SMILES string of the molecule is O=C(Nc1cc(F)c(N2CCCC2)c(F)c1)c1cn[nH]c1-c1ccccc1. The number of hydrogen-bond acceptors (Lipinski definition) is 3. The molecule has 1 aliphatic heterocycles. The molecule has 1 amide bonds. The Hall–Kier alpha value is -3.22. The Morgan fingerprint density at radius 1 is 1.07 bits per heavy atom. The van der Waals surface area contributed by atoms with Crippen LogP contribution in [-0.4, -0.2) is 29.2 Å². The molecule has 0 spiro atoms. The van der Waals surface area contributed by atoms with Crippen molar-refractivity contribution in [2.75, 3.05) is 23.3 Å². The third-order valence-electron chi connectivity index (χ3n) is 4.64. The van der Waals surface area contributed by atoms with Gasteiger partial charge in [0.2, 0.25) is 0 Å². The maximum atomic E-state index is 14.4. The van der Waals surface area contributed by atoms with Crippen LogP contribution in [0.3, 0.4) is 0 Å². The molecule has 27 heavy (non-hydrogen) atoms. The first-order chi connectivity index (χ1) is 13.1. The van der Waals surface area contributed by atoms with Crippen molar-refractivity contribution >= 4 is 17.3 Å². The van der Waals surface area contributed by atoms with Crippen LogP contribution in [0.2, 0.25) is 0 Å². The maximum absolute atomic E-state index is 14.4. The van der Waals surface area contributed by atoms with Gasteiger partial charge >= 0.3 is 0 Å². The normalized spacial score (nSPS) is 13.8. The summed E-state index contributed by atoms with van der Waals surface area (Å²) < 4.78 is 28.9. The van der Waals surface area contributed by atoms with E-state index in [1.807, 2.05) is 30.3 Å². The van der Waals surface area contributed by atoms with Gasteiger partial charge in [-0.05, 0) is 25.0 Å². The number of benzene rings is 2. The smallest absolute Gasteiger partial charge is 0.259 e. The number of nitrogens with zero attached hydrogens (tertiary/aromatic N) is 2. The second-order valence-corrected chi connectivity index (χ2v) is 6.46. The molecule has 0 radical (unpaired) electrons. The number of amides is 1. The van der Waals surface area contributed by atoms with Gasteiger partial charge in [0.15, 0.2) is 11.6 Å². The number of carbonyl (C=O) groups is 1. The van der Waals surface area contributed by atoms with Crippen molar-refractivity contribution in [1.82, 2.24) is 10.2 Å². The van der Waals surface area contributed by atoms with Gasteiger partial charge in [-0.3, -0.25) is 9.89 Å². The van der Waals surface area contributed by atoms with Gasteiger partial charge in [0.25, 0.3) is 5.91 Å². The van der Waals surface area contributed by atoms with Crippen LogP contribution >= 0.6 is 0 Å². The second-order valence-electron chi connectivity index (χ2n) is 6.46. The number of nitrogens with one attached hydrogen (secondary N) is 2. The Kier molecular flexibility index (Phi) is 4.58. The van der Waals surface area contributed by atoms with E-state index in [9.17, 15) is 13.6 Å². The fourth-order valence-electron chi connectivity index (χ4n) is 3.36. The van der Waals surface area contributed by atoms with Crippen LogP contribution in [-0.2, 0) is 0 Å².